The molecule has 0 aromatic heterocycles. The van der Waals surface area contributed by atoms with Gasteiger partial charge < -0.3 is 9.64 Å². The zero-order chi connectivity index (χ0) is 18.4. The van der Waals surface area contributed by atoms with Crippen LogP contribution in [0.2, 0.25) is 5.02 Å². The van der Waals surface area contributed by atoms with Crippen molar-refractivity contribution in [1.82, 2.24) is 9.62 Å². The summed E-state index contributed by atoms with van der Waals surface area (Å²) in [5.41, 5.74) is 0. The van der Waals surface area contributed by atoms with Crippen LogP contribution in [0.1, 0.15) is 26.2 Å². The number of hydrogen-bond donors (Lipinski definition) is 1. The lowest BCUT2D eigenvalue weighted by Gasteiger charge is -2.20. The minimum atomic E-state index is -3.72. The van der Waals surface area contributed by atoms with Gasteiger partial charge in [-0.05, 0) is 44.0 Å². The Morgan fingerprint density at radius 1 is 1.24 bits per heavy atom. The lowest BCUT2D eigenvalue weighted by atomic mass is 10.3. The van der Waals surface area contributed by atoms with E-state index >= 15 is 0 Å². The molecule has 7 nitrogen and oxygen atoms in total. The Bertz CT molecular complexity index is 715. The van der Waals surface area contributed by atoms with Gasteiger partial charge in [-0.1, -0.05) is 11.6 Å². The van der Waals surface area contributed by atoms with E-state index in [0.717, 1.165) is 12.8 Å². The smallest absolute Gasteiger partial charge is 0.307 e. The van der Waals surface area contributed by atoms with Crippen molar-refractivity contribution in [1.29, 1.82) is 0 Å². The first-order valence-corrected chi connectivity index (χ1v) is 9.89. The fourth-order valence-electron chi connectivity index (χ4n) is 2.49. The van der Waals surface area contributed by atoms with Crippen LogP contribution in [0, 0.1) is 0 Å². The van der Waals surface area contributed by atoms with Crippen LogP contribution < -0.4 is 4.72 Å². The van der Waals surface area contributed by atoms with Crippen molar-refractivity contribution in [2.45, 2.75) is 37.2 Å². The summed E-state index contributed by atoms with van der Waals surface area (Å²) in [4.78, 5) is 25.6. The highest BCUT2D eigenvalue weighted by atomic mass is 35.5. The lowest BCUT2D eigenvalue weighted by molar-refractivity contribution is -0.158. The highest BCUT2D eigenvalue weighted by molar-refractivity contribution is 7.89. The van der Waals surface area contributed by atoms with E-state index in [4.69, 9.17) is 16.3 Å². The van der Waals surface area contributed by atoms with Gasteiger partial charge in [0.25, 0.3) is 5.91 Å². The van der Waals surface area contributed by atoms with Gasteiger partial charge in [0.2, 0.25) is 10.0 Å². The van der Waals surface area contributed by atoms with Gasteiger partial charge in [-0.15, -0.1) is 0 Å². The van der Waals surface area contributed by atoms with E-state index in [2.05, 4.69) is 4.72 Å². The molecule has 0 spiro atoms. The Balaban J connectivity index is 1.77. The van der Waals surface area contributed by atoms with Crippen molar-refractivity contribution >= 4 is 33.5 Å². The second-order valence-electron chi connectivity index (χ2n) is 5.77. The maximum Gasteiger partial charge on any atom is 0.307 e. The third-order valence-corrected chi connectivity index (χ3v) is 5.55. The molecule has 25 heavy (non-hydrogen) atoms. The van der Waals surface area contributed by atoms with E-state index in [1.807, 2.05) is 0 Å². The average Bonchev–Trinajstić information content (AvgIpc) is 3.08. The van der Waals surface area contributed by atoms with E-state index in [9.17, 15) is 18.0 Å². The van der Waals surface area contributed by atoms with Crippen molar-refractivity contribution in [3.8, 4) is 0 Å². The third-order valence-electron chi connectivity index (χ3n) is 3.82. The van der Waals surface area contributed by atoms with Crippen LogP contribution >= 0.6 is 11.6 Å². The summed E-state index contributed by atoms with van der Waals surface area (Å²) in [6.07, 6.45) is 0.890. The number of halogens is 1. The number of ether oxygens (including phenoxy) is 1. The Kier molecular flexibility index (Phi) is 6.80. The standard InChI is InChI=1S/C16H21ClN2O5S/c1-12(16(21)19-10-2-3-11-19)24-15(20)8-9-18-25(22,23)14-6-4-13(17)5-7-14/h4-7,12,18H,2-3,8-11H2,1H3/t12-/m0/s1. The molecule has 0 unspecified atom stereocenters. The Morgan fingerprint density at radius 3 is 2.44 bits per heavy atom. The molecule has 1 aliphatic heterocycles. The molecule has 0 bridgehead atoms. The van der Waals surface area contributed by atoms with Crippen LogP contribution in [-0.2, 0) is 24.3 Å². The quantitative estimate of drug-likeness (QED) is 0.715. The molecule has 0 aliphatic carbocycles. The molecule has 2 rings (SSSR count). The number of carbonyl (C=O) groups is 2. The number of likely N-dealkylation sites (tertiary alicyclic amines) is 1. The summed E-state index contributed by atoms with van der Waals surface area (Å²) in [6, 6.07) is 5.69. The number of benzene rings is 1. The van der Waals surface area contributed by atoms with Crippen molar-refractivity contribution in [2.75, 3.05) is 19.6 Å². The second kappa shape index (κ2) is 8.64. The second-order valence-corrected chi connectivity index (χ2v) is 7.97. The van der Waals surface area contributed by atoms with E-state index in [1.165, 1.54) is 31.2 Å². The molecule has 0 saturated carbocycles. The number of sulfonamides is 1. The normalized spacial score (nSPS) is 15.8. The zero-order valence-electron chi connectivity index (χ0n) is 13.9. The van der Waals surface area contributed by atoms with Gasteiger partial charge in [0, 0.05) is 24.7 Å². The first kappa shape index (κ1) is 19.7. The first-order chi connectivity index (χ1) is 11.8. The molecule has 1 aromatic rings. The molecule has 1 fully saturated rings. The predicted molar refractivity (Wildman–Crippen MR) is 92.6 cm³/mol. The number of carbonyl (C=O) groups excluding carboxylic acids is 2. The SMILES string of the molecule is C[C@H](OC(=O)CCNS(=O)(=O)c1ccc(Cl)cc1)C(=O)N1CCCC1. The number of nitrogens with one attached hydrogen (secondary N) is 1. The van der Waals surface area contributed by atoms with Crippen LogP contribution in [0.4, 0.5) is 0 Å². The number of rotatable bonds is 7. The maximum absolute atomic E-state index is 12.1. The van der Waals surface area contributed by atoms with E-state index in [-0.39, 0.29) is 23.8 Å². The predicted octanol–water partition coefficient (Wildman–Crippen LogP) is 1.56. The monoisotopic (exact) mass is 388 g/mol. The van der Waals surface area contributed by atoms with Gasteiger partial charge in [0.1, 0.15) is 0 Å². The Morgan fingerprint density at radius 2 is 1.84 bits per heavy atom. The highest BCUT2D eigenvalue weighted by Crippen LogP contribution is 2.14. The molecule has 138 valence electrons. The lowest BCUT2D eigenvalue weighted by Crippen LogP contribution is -2.38. The minimum Gasteiger partial charge on any atom is -0.452 e. The van der Waals surface area contributed by atoms with Gasteiger partial charge in [0.15, 0.2) is 6.10 Å². The number of amides is 1. The van der Waals surface area contributed by atoms with Crippen molar-refractivity contribution in [3.63, 3.8) is 0 Å². The van der Waals surface area contributed by atoms with Gasteiger partial charge >= 0.3 is 5.97 Å². The summed E-state index contributed by atoms with van der Waals surface area (Å²) in [5.74, 6) is -0.841. The van der Waals surface area contributed by atoms with Crippen molar-refractivity contribution in [2.24, 2.45) is 0 Å². The van der Waals surface area contributed by atoms with E-state index < -0.39 is 22.1 Å². The molecule has 1 saturated heterocycles. The largest absolute Gasteiger partial charge is 0.452 e. The fourth-order valence-corrected chi connectivity index (χ4v) is 3.64. The summed E-state index contributed by atoms with van der Waals surface area (Å²) in [7, 11) is -3.72. The minimum absolute atomic E-state index is 0.0582. The molecular weight excluding hydrogens is 368 g/mol. The summed E-state index contributed by atoms with van der Waals surface area (Å²) >= 11 is 5.72. The van der Waals surface area contributed by atoms with Crippen LogP contribution in [-0.4, -0.2) is 50.9 Å². The van der Waals surface area contributed by atoms with E-state index in [1.54, 1.807) is 4.90 Å². The van der Waals surface area contributed by atoms with Crippen LogP contribution in [0.25, 0.3) is 0 Å². The molecular formula is C16H21ClN2O5S. The first-order valence-electron chi connectivity index (χ1n) is 8.03. The third kappa shape index (κ3) is 5.69. The van der Waals surface area contributed by atoms with Gasteiger partial charge in [-0.25, -0.2) is 13.1 Å². The molecule has 1 aliphatic rings. The summed E-state index contributed by atoms with van der Waals surface area (Å²) < 4.78 is 31.5. The zero-order valence-corrected chi connectivity index (χ0v) is 15.5. The van der Waals surface area contributed by atoms with Gasteiger partial charge in [0.05, 0.1) is 11.3 Å². The Hall–Kier alpha value is -1.64. The van der Waals surface area contributed by atoms with Crippen molar-refractivity contribution < 1.29 is 22.7 Å². The molecule has 1 heterocycles. The summed E-state index contributed by atoms with van der Waals surface area (Å²) in [6.45, 7) is 2.77. The molecule has 9 heteroatoms. The van der Waals surface area contributed by atoms with Crippen LogP contribution in [0.5, 0.6) is 0 Å². The molecule has 0 radical (unpaired) electrons. The molecule has 1 N–H and O–H groups in total. The average molecular weight is 389 g/mol. The van der Waals surface area contributed by atoms with Gasteiger partial charge in [-0.3, -0.25) is 9.59 Å². The van der Waals surface area contributed by atoms with Crippen LogP contribution in [0.15, 0.2) is 29.2 Å². The Labute approximate surface area is 152 Å². The highest BCUT2D eigenvalue weighted by Gasteiger charge is 2.26. The topological polar surface area (TPSA) is 92.8 Å². The summed E-state index contributed by atoms with van der Waals surface area (Å²) in [5, 5.41) is 0.430. The number of hydrogen-bond acceptors (Lipinski definition) is 5. The maximum atomic E-state index is 12.1. The van der Waals surface area contributed by atoms with Gasteiger partial charge in [-0.2, -0.15) is 0 Å². The molecule has 1 atom stereocenters. The molecule has 1 amide bonds. The number of nitrogens with zero attached hydrogens (tertiary/aromatic N) is 1. The van der Waals surface area contributed by atoms with Crippen LogP contribution in [0.3, 0.4) is 0 Å². The van der Waals surface area contributed by atoms with E-state index in [0.29, 0.717) is 18.1 Å². The number of esters is 1. The molecule has 1 aromatic carbocycles. The van der Waals surface area contributed by atoms with Crippen molar-refractivity contribution in [3.05, 3.63) is 29.3 Å². The fraction of sp³-hybridized carbons (Fsp3) is 0.500.